The van der Waals surface area contributed by atoms with Gasteiger partial charge in [0.2, 0.25) is 5.91 Å². The lowest BCUT2D eigenvalue weighted by Gasteiger charge is -2.42. The zero-order valence-electron chi connectivity index (χ0n) is 13.7. The van der Waals surface area contributed by atoms with Crippen molar-refractivity contribution in [1.82, 2.24) is 14.7 Å². The predicted molar refractivity (Wildman–Crippen MR) is 89.3 cm³/mol. The zero-order valence-corrected chi connectivity index (χ0v) is 13.7. The molecule has 1 saturated carbocycles. The average molecular weight is 325 g/mol. The number of rotatable bonds is 5. The van der Waals surface area contributed by atoms with E-state index in [1.54, 1.807) is 13.0 Å². The van der Waals surface area contributed by atoms with Crippen molar-refractivity contribution in [3.05, 3.63) is 53.9 Å². The van der Waals surface area contributed by atoms with Gasteiger partial charge in [-0.25, -0.2) is 4.79 Å². The number of benzene rings is 1. The van der Waals surface area contributed by atoms with Gasteiger partial charge in [-0.2, -0.15) is 9.78 Å². The summed E-state index contributed by atoms with van der Waals surface area (Å²) in [5.41, 5.74) is 7.31. The highest BCUT2D eigenvalue weighted by molar-refractivity contribution is 5.75. The summed E-state index contributed by atoms with van der Waals surface area (Å²) in [4.78, 5) is 25.3. The number of carbonyl (C=O) groups is 2. The molecular formula is C18H21N4O2. The third-order valence-electron chi connectivity index (χ3n) is 4.68. The molecule has 0 saturated heterocycles. The minimum atomic E-state index is -0.595. The molecule has 1 heterocycles. The Morgan fingerprint density at radius 2 is 2.04 bits per heavy atom. The van der Waals surface area contributed by atoms with Gasteiger partial charge in [0.1, 0.15) is 6.20 Å². The summed E-state index contributed by atoms with van der Waals surface area (Å²) in [6, 6.07) is 11.5. The van der Waals surface area contributed by atoms with Crippen molar-refractivity contribution in [1.29, 1.82) is 0 Å². The molecule has 2 aromatic rings. The van der Waals surface area contributed by atoms with E-state index in [4.69, 9.17) is 5.73 Å². The number of hydrogen-bond donors (Lipinski definition) is 1. The molecule has 1 fully saturated rings. The van der Waals surface area contributed by atoms with Crippen molar-refractivity contribution in [2.45, 2.75) is 38.1 Å². The second kappa shape index (κ2) is 6.86. The Balaban J connectivity index is 1.60. The van der Waals surface area contributed by atoms with Crippen molar-refractivity contribution in [2.75, 3.05) is 6.54 Å². The fraction of sp³-hybridized carbons (Fsp3) is 0.389. The van der Waals surface area contributed by atoms with E-state index in [-0.39, 0.29) is 17.9 Å². The third-order valence-corrected chi connectivity index (χ3v) is 4.68. The normalized spacial score (nSPS) is 19.5. The number of aromatic nitrogens is 2. The van der Waals surface area contributed by atoms with Crippen LogP contribution >= 0.6 is 0 Å². The van der Waals surface area contributed by atoms with E-state index in [1.807, 2.05) is 23.1 Å². The summed E-state index contributed by atoms with van der Waals surface area (Å²) in [5, 5.41) is 3.84. The number of carbonyl (C=O) groups excluding carboxylic acids is 2. The summed E-state index contributed by atoms with van der Waals surface area (Å²) >= 11 is 0. The average Bonchev–Trinajstić information content (AvgIpc) is 2.99. The Morgan fingerprint density at radius 3 is 2.67 bits per heavy atom. The van der Waals surface area contributed by atoms with E-state index >= 15 is 0 Å². The number of nitrogens with two attached hydrogens (primary N) is 1. The van der Waals surface area contributed by atoms with Crippen LogP contribution < -0.4 is 5.73 Å². The van der Waals surface area contributed by atoms with Crippen LogP contribution in [0, 0.1) is 6.20 Å². The molecule has 0 spiro atoms. The summed E-state index contributed by atoms with van der Waals surface area (Å²) in [5.74, 6) is 0.282. The molecule has 1 radical (unpaired) electrons. The standard InChI is InChI=1S/C18H21N4O2/c1-13(23)21(10-8-14-5-3-2-4-6-14)16-11-15(12-16)17-7-9-20-22(17)18(19)24/h2-7,15-16H,8,10-12H2,1H3,(H2,19,24). The van der Waals surface area contributed by atoms with Crippen LogP contribution in [-0.2, 0) is 11.2 Å². The van der Waals surface area contributed by atoms with Crippen LogP contribution in [0.4, 0.5) is 4.79 Å². The maximum Gasteiger partial charge on any atom is 0.339 e. The van der Waals surface area contributed by atoms with E-state index in [1.165, 1.54) is 10.2 Å². The molecule has 125 valence electrons. The lowest BCUT2D eigenvalue weighted by atomic mass is 9.77. The molecule has 2 N–H and O–H groups in total. The van der Waals surface area contributed by atoms with Crippen molar-refractivity contribution >= 4 is 11.9 Å². The largest absolute Gasteiger partial charge is 0.350 e. The maximum atomic E-state index is 12.0. The van der Waals surface area contributed by atoms with Gasteiger partial charge in [0.25, 0.3) is 0 Å². The first-order valence-corrected chi connectivity index (χ1v) is 8.13. The first-order valence-electron chi connectivity index (χ1n) is 8.13. The van der Waals surface area contributed by atoms with E-state index in [0.29, 0.717) is 6.54 Å². The number of amides is 2. The highest BCUT2D eigenvalue weighted by atomic mass is 16.2. The van der Waals surface area contributed by atoms with E-state index in [0.717, 1.165) is 25.0 Å². The molecule has 1 aromatic heterocycles. The maximum absolute atomic E-state index is 12.0. The minimum Gasteiger partial charge on any atom is -0.350 e. The van der Waals surface area contributed by atoms with Gasteiger partial charge in [-0.1, -0.05) is 30.3 Å². The number of primary amides is 1. The highest BCUT2D eigenvalue weighted by Crippen LogP contribution is 2.39. The van der Waals surface area contributed by atoms with Crippen molar-refractivity contribution in [3.8, 4) is 0 Å². The van der Waals surface area contributed by atoms with Crippen LogP contribution in [0.15, 0.2) is 36.4 Å². The molecule has 1 aliphatic rings. The van der Waals surface area contributed by atoms with Crippen molar-refractivity contribution in [2.24, 2.45) is 5.73 Å². The smallest absolute Gasteiger partial charge is 0.339 e. The quantitative estimate of drug-likeness (QED) is 0.912. The van der Waals surface area contributed by atoms with Gasteiger partial charge in [0.05, 0.1) is 5.69 Å². The van der Waals surface area contributed by atoms with E-state index in [2.05, 4.69) is 23.4 Å². The first kappa shape index (κ1) is 16.2. The summed E-state index contributed by atoms with van der Waals surface area (Å²) < 4.78 is 1.20. The third kappa shape index (κ3) is 3.32. The predicted octanol–water partition coefficient (Wildman–Crippen LogP) is 1.95. The Kier molecular flexibility index (Phi) is 4.64. The molecular weight excluding hydrogens is 304 g/mol. The van der Waals surface area contributed by atoms with Gasteiger partial charge in [0.15, 0.2) is 0 Å². The van der Waals surface area contributed by atoms with Crippen molar-refractivity contribution in [3.63, 3.8) is 0 Å². The molecule has 24 heavy (non-hydrogen) atoms. The molecule has 0 unspecified atom stereocenters. The van der Waals surface area contributed by atoms with Crippen LogP contribution in [0.3, 0.4) is 0 Å². The van der Waals surface area contributed by atoms with Gasteiger partial charge in [0, 0.05) is 25.4 Å². The summed E-state index contributed by atoms with van der Waals surface area (Å²) in [7, 11) is 0. The molecule has 1 aliphatic carbocycles. The van der Waals surface area contributed by atoms with Gasteiger partial charge >= 0.3 is 6.03 Å². The second-order valence-electron chi connectivity index (χ2n) is 6.22. The molecule has 6 nitrogen and oxygen atoms in total. The molecule has 3 rings (SSSR count). The lowest BCUT2D eigenvalue weighted by molar-refractivity contribution is -0.133. The fourth-order valence-electron chi connectivity index (χ4n) is 3.31. The molecule has 0 atom stereocenters. The topological polar surface area (TPSA) is 81.2 Å². The van der Waals surface area contributed by atoms with Crippen LogP contribution in [0.1, 0.15) is 36.9 Å². The zero-order chi connectivity index (χ0) is 17.1. The van der Waals surface area contributed by atoms with Gasteiger partial charge in [-0.15, -0.1) is 0 Å². The summed E-state index contributed by atoms with van der Waals surface area (Å²) in [6.07, 6.45) is 5.16. The lowest BCUT2D eigenvalue weighted by Crippen LogP contribution is -2.47. The van der Waals surface area contributed by atoms with Gasteiger partial charge in [-0.05, 0) is 30.9 Å². The Labute approximate surface area is 141 Å². The molecule has 0 bridgehead atoms. The Bertz CT molecular complexity index is 720. The Hall–Kier alpha value is -2.63. The summed E-state index contributed by atoms with van der Waals surface area (Å²) in [6.45, 7) is 2.32. The highest BCUT2D eigenvalue weighted by Gasteiger charge is 2.37. The number of hydrogen-bond acceptors (Lipinski definition) is 3. The van der Waals surface area contributed by atoms with E-state index < -0.39 is 6.03 Å². The van der Waals surface area contributed by atoms with Gasteiger partial charge in [-0.3, -0.25) is 4.79 Å². The van der Waals surface area contributed by atoms with Gasteiger partial charge < -0.3 is 10.6 Å². The Morgan fingerprint density at radius 1 is 1.33 bits per heavy atom. The monoisotopic (exact) mass is 325 g/mol. The van der Waals surface area contributed by atoms with E-state index in [9.17, 15) is 9.59 Å². The van der Waals surface area contributed by atoms with Crippen molar-refractivity contribution < 1.29 is 9.59 Å². The molecule has 2 amide bonds. The van der Waals surface area contributed by atoms with Crippen LogP contribution in [0.25, 0.3) is 0 Å². The molecule has 0 aliphatic heterocycles. The minimum absolute atomic E-state index is 0.0874. The van der Waals surface area contributed by atoms with Crippen LogP contribution in [0.5, 0.6) is 0 Å². The second-order valence-corrected chi connectivity index (χ2v) is 6.22. The SMILES string of the molecule is CC(=O)N(CCc1ccccc1)C1CC(c2c[c]nn2C(N)=O)C1. The fourth-order valence-corrected chi connectivity index (χ4v) is 3.31. The number of nitrogens with zero attached hydrogens (tertiary/aromatic N) is 3. The van der Waals surface area contributed by atoms with Crippen LogP contribution in [0.2, 0.25) is 0 Å². The molecule has 1 aromatic carbocycles. The first-order chi connectivity index (χ1) is 11.6. The van der Waals surface area contributed by atoms with Crippen LogP contribution in [-0.4, -0.2) is 39.2 Å². The molecule has 6 heteroatoms.